The largest absolute Gasteiger partial charge is 0.548 e. The summed E-state index contributed by atoms with van der Waals surface area (Å²) in [5.74, 6) is -1.22. The van der Waals surface area contributed by atoms with E-state index in [2.05, 4.69) is 5.32 Å². The molecule has 1 saturated heterocycles. The van der Waals surface area contributed by atoms with Crippen LogP contribution in [0.2, 0.25) is 0 Å². The second kappa shape index (κ2) is 7.01. The number of carbonyl (C=O) groups excluding carboxylic acids is 3. The topological polar surface area (TPSA) is 90.7 Å². The lowest BCUT2D eigenvalue weighted by Gasteiger charge is -2.22. The third-order valence-electron chi connectivity index (χ3n) is 2.88. The van der Waals surface area contributed by atoms with E-state index in [-0.39, 0.29) is 5.91 Å². The van der Waals surface area contributed by atoms with Gasteiger partial charge in [-0.25, -0.2) is 0 Å². The van der Waals surface area contributed by atoms with E-state index in [0.717, 1.165) is 19.6 Å². The highest BCUT2D eigenvalue weighted by Crippen LogP contribution is 1.91. The van der Waals surface area contributed by atoms with Gasteiger partial charge in [0.05, 0.1) is 45.0 Å². The molecule has 0 saturated carbocycles. The predicted molar refractivity (Wildman–Crippen MR) is 57.1 cm³/mol. The molecule has 1 rings (SSSR count). The summed E-state index contributed by atoms with van der Waals surface area (Å²) in [5, 5.41) is 12.4. The van der Waals surface area contributed by atoms with Crippen LogP contribution in [-0.4, -0.2) is 43.8 Å². The molecule has 0 aromatic rings. The van der Waals surface area contributed by atoms with Crippen LogP contribution in [-0.2, 0) is 14.4 Å². The number of hydrogen-bond acceptors (Lipinski definition) is 4. The maximum atomic E-state index is 11.2. The van der Waals surface area contributed by atoms with E-state index in [1.54, 1.807) is 0 Å². The van der Waals surface area contributed by atoms with Crippen molar-refractivity contribution in [2.45, 2.75) is 25.7 Å². The lowest BCUT2D eigenvalue weighted by atomic mass is 10.1. The van der Waals surface area contributed by atoms with Gasteiger partial charge < -0.3 is 20.1 Å². The summed E-state index contributed by atoms with van der Waals surface area (Å²) < 4.78 is 0. The zero-order chi connectivity index (χ0) is 12.7. The van der Waals surface area contributed by atoms with Crippen LogP contribution in [0, 0.1) is 0 Å². The number of ketones is 1. The number of rotatable bonds is 6. The minimum absolute atomic E-state index is 0.262. The van der Waals surface area contributed by atoms with Crippen molar-refractivity contribution in [3.05, 3.63) is 0 Å². The van der Waals surface area contributed by atoms with Crippen LogP contribution >= 0.6 is 0 Å². The molecule has 1 aliphatic rings. The Kier molecular flexibility index (Phi) is 5.62. The Balaban J connectivity index is 2.05. The zero-order valence-electron chi connectivity index (χ0n) is 9.79. The van der Waals surface area contributed by atoms with Gasteiger partial charge >= 0.3 is 0 Å². The van der Waals surface area contributed by atoms with E-state index in [4.69, 9.17) is 0 Å². The van der Waals surface area contributed by atoms with Crippen molar-refractivity contribution in [2.75, 3.05) is 26.2 Å². The minimum atomic E-state index is -1.28. The number of aliphatic carboxylic acids is 1. The molecule has 0 aliphatic carbocycles. The van der Waals surface area contributed by atoms with Gasteiger partial charge in [-0.15, -0.1) is 0 Å². The Labute approximate surface area is 100.0 Å². The SMILES string of the molecule is O=C([O-])CNC(=O)CCC[NH+]1CCC(=O)CC1. The van der Waals surface area contributed by atoms with E-state index in [1.165, 1.54) is 4.90 Å². The number of likely N-dealkylation sites (tertiary alicyclic amines) is 1. The highest BCUT2D eigenvalue weighted by Gasteiger charge is 2.18. The highest BCUT2D eigenvalue weighted by atomic mass is 16.4. The molecular formula is C11H18N2O4. The normalized spacial score (nSPS) is 16.8. The van der Waals surface area contributed by atoms with Crippen LogP contribution in [0.25, 0.3) is 0 Å². The number of carbonyl (C=O) groups is 3. The molecule has 1 aliphatic heterocycles. The first-order valence-electron chi connectivity index (χ1n) is 5.89. The first-order chi connectivity index (χ1) is 8.08. The summed E-state index contributed by atoms with van der Waals surface area (Å²) in [4.78, 5) is 33.6. The van der Waals surface area contributed by atoms with Crippen molar-refractivity contribution >= 4 is 17.7 Å². The van der Waals surface area contributed by atoms with Crippen molar-refractivity contribution in [3.8, 4) is 0 Å². The van der Waals surface area contributed by atoms with Gasteiger partial charge in [-0.2, -0.15) is 0 Å². The summed E-state index contributed by atoms with van der Waals surface area (Å²) in [6.45, 7) is 2.12. The molecule has 6 nitrogen and oxygen atoms in total. The van der Waals surface area contributed by atoms with Gasteiger partial charge in [0.15, 0.2) is 0 Å². The van der Waals surface area contributed by atoms with E-state index in [9.17, 15) is 19.5 Å². The van der Waals surface area contributed by atoms with Crippen LogP contribution in [0.1, 0.15) is 25.7 Å². The number of hydrogen-bond donors (Lipinski definition) is 2. The van der Waals surface area contributed by atoms with Crippen LogP contribution in [0.4, 0.5) is 0 Å². The maximum Gasteiger partial charge on any atom is 0.220 e. The number of piperidine rings is 1. The predicted octanol–water partition coefficient (Wildman–Crippen LogP) is -3.12. The fourth-order valence-electron chi connectivity index (χ4n) is 1.89. The molecule has 1 fully saturated rings. The van der Waals surface area contributed by atoms with Gasteiger partial charge in [0, 0.05) is 12.8 Å². The Morgan fingerprint density at radius 3 is 2.53 bits per heavy atom. The fraction of sp³-hybridized carbons (Fsp3) is 0.727. The van der Waals surface area contributed by atoms with Gasteiger partial charge in [0.1, 0.15) is 5.78 Å². The zero-order valence-corrected chi connectivity index (χ0v) is 9.79. The Hall–Kier alpha value is -1.43. The lowest BCUT2D eigenvalue weighted by Crippen LogP contribution is -3.13. The third kappa shape index (κ3) is 6.01. The molecule has 96 valence electrons. The van der Waals surface area contributed by atoms with Gasteiger partial charge in [-0.1, -0.05) is 0 Å². The standard InChI is InChI=1S/C11H18N2O4/c14-9-3-6-13(7-4-9)5-1-2-10(15)12-8-11(16)17/h1-8H2,(H,12,15)(H,16,17). The highest BCUT2D eigenvalue weighted by molar-refractivity contribution is 5.80. The van der Waals surface area contributed by atoms with E-state index >= 15 is 0 Å². The van der Waals surface area contributed by atoms with Crippen LogP contribution < -0.4 is 15.3 Å². The average molecular weight is 242 g/mol. The summed E-state index contributed by atoms with van der Waals surface area (Å²) in [7, 11) is 0. The number of carboxylic acids is 1. The Morgan fingerprint density at radius 2 is 1.94 bits per heavy atom. The molecule has 6 heteroatoms. The van der Waals surface area contributed by atoms with Gasteiger partial charge in [-0.05, 0) is 0 Å². The Bertz CT molecular complexity index is 294. The van der Waals surface area contributed by atoms with Crippen molar-refractivity contribution in [3.63, 3.8) is 0 Å². The number of nitrogens with one attached hydrogen (secondary N) is 2. The van der Waals surface area contributed by atoms with Crippen molar-refractivity contribution < 1.29 is 24.4 Å². The second-order valence-corrected chi connectivity index (χ2v) is 4.29. The van der Waals surface area contributed by atoms with Gasteiger partial charge in [0.25, 0.3) is 0 Å². The number of carboxylic acid groups (broad SMARTS) is 1. The van der Waals surface area contributed by atoms with Crippen LogP contribution in [0.5, 0.6) is 0 Å². The van der Waals surface area contributed by atoms with E-state index < -0.39 is 12.5 Å². The molecule has 0 aromatic heterocycles. The fourth-order valence-corrected chi connectivity index (χ4v) is 1.89. The average Bonchev–Trinajstić information content (AvgIpc) is 2.29. The molecule has 0 radical (unpaired) electrons. The summed E-state index contributed by atoms with van der Waals surface area (Å²) in [5.41, 5.74) is 0. The molecule has 0 aromatic carbocycles. The first kappa shape index (κ1) is 13.6. The van der Waals surface area contributed by atoms with Crippen LogP contribution in [0.15, 0.2) is 0 Å². The first-order valence-corrected chi connectivity index (χ1v) is 5.89. The molecule has 2 N–H and O–H groups in total. The number of quaternary nitrogens is 1. The van der Waals surface area contributed by atoms with Crippen molar-refractivity contribution in [2.24, 2.45) is 0 Å². The maximum absolute atomic E-state index is 11.2. The second-order valence-electron chi connectivity index (χ2n) is 4.29. The molecule has 0 bridgehead atoms. The number of amides is 1. The molecule has 1 amide bonds. The smallest absolute Gasteiger partial charge is 0.220 e. The lowest BCUT2D eigenvalue weighted by molar-refractivity contribution is -0.901. The summed E-state index contributed by atoms with van der Waals surface area (Å²) in [6, 6.07) is 0. The molecule has 0 unspecified atom stereocenters. The third-order valence-corrected chi connectivity index (χ3v) is 2.88. The number of Topliss-reactive ketones (excluding diaryl/α,β-unsaturated/α-hetero) is 1. The van der Waals surface area contributed by atoms with Crippen molar-refractivity contribution in [1.82, 2.24) is 5.32 Å². The van der Waals surface area contributed by atoms with Crippen molar-refractivity contribution in [1.29, 1.82) is 0 Å². The quantitative estimate of drug-likeness (QED) is 0.515. The molecule has 0 spiro atoms. The van der Waals surface area contributed by atoms with Gasteiger partial charge in [-0.3, -0.25) is 9.59 Å². The molecule has 1 heterocycles. The summed E-state index contributed by atoms with van der Waals surface area (Å²) in [6.07, 6.45) is 2.30. The molecule has 0 atom stereocenters. The Morgan fingerprint density at radius 1 is 1.29 bits per heavy atom. The molecular weight excluding hydrogens is 224 g/mol. The van der Waals surface area contributed by atoms with E-state index in [1.807, 2.05) is 0 Å². The molecule has 17 heavy (non-hydrogen) atoms. The van der Waals surface area contributed by atoms with E-state index in [0.29, 0.717) is 31.5 Å². The summed E-state index contributed by atoms with van der Waals surface area (Å²) >= 11 is 0. The van der Waals surface area contributed by atoms with Gasteiger partial charge in [0.2, 0.25) is 5.91 Å². The minimum Gasteiger partial charge on any atom is -0.548 e. The monoisotopic (exact) mass is 242 g/mol. The van der Waals surface area contributed by atoms with Crippen LogP contribution in [0.3, 0.4) is 0 Å².